The van der Waals surface area contributed by atoms with Gasteiger partial charge in [-0.15, -0.1) is 0 Å². The lowest BCUT2D eigenvalue weighted by molar-refractivity contribution is -0.113. The molecule has 2 N–H and O–H groups in total. The Hall–Kier alpha value is -1.59. The molecule has 2 aromatic rings. The topological polar surface area (TPSA) is 61.3 Å². The summed E-state index contributed by atoms with van der Waals surface area (Å²) in [5, 5.41) is 10.3. The first-order valence-electron chi connectivity index (χ1n) is 7.78. The number of hydrogen-bond acceptors (Lipinski definition) is 3. The highest BCUT2D eigenvalue weighted by molar-refractivity contribution is 5.74. The molecular formula is C16H21N3O2. The van der Waals surface area contributed by atoms with Gasteiger partial charge in [0.05, 0.1) is 16.6 Å². The lowest BCUT2D eigenvalue weighted by Gasteiger charge is -2.47. The number of nitrogens with one attached hydrogen (secondary N) is 1. The molecule has 112 valence electrons. The summed E-state index contributed by atoms with van der Waals surface area (Å²) in [6, 6.07) is 7.79. The zero-order valence-corrected chi connectivity index (χ0v) is 12.1. The van der Waals surface area contributed by atoms with Crippen molar-refractivity contribution < 1.29 is 5.11 Å². The van der Waals surface area contributed by atoms with Crippen LogP contribution in [0, 0.1) is 5.92 Å². The number of rotatable bonds is 5. The molecule has 0 radical (unpaired) electrons. The van der Waals surface area contributed by atoms with Crippen molar-refractivity contribution in [2.75, 3.05) is 19.6 Å². The quantitative estimate of drug-likeness (QED) is 0.868. The van der Waals surface area contributed by atoms with Crippen molar-refractivity contribution in [1.82, 2.24) is 14.5 Å². The van der Waals surface area contributed by atoms with Crippen LogP contribution < -0.4 is 5.69 Å². The fraction of sp³-hybridized carbons (Fsp3) is 0.562. The fourth-order valence-electron chi connectivity index (χ4n) is 3.55. The molecule has 1 saturated heterocycles. The number of aromatic amines is 1. The Morgan fingerprint density at radius 2 is 2.00 bits per heavy atom. The number of benzene rings is 1. The van der Waals surface area contributed by atoms with E-state index in [0.717, 1.165) is 43.6 Å². The number of fused-ring (bicyclic) bond motifs is 1. The van der Waals surface area contributed by atoms with Crippen molar-refractivity contribution in [2.45, 2.75) is 31.4 Å². The summed E-state index contributed by atoms with van der Waals surface area (Å²) in [5.74, 6) is 0.546. The van der Waals surface area contributed by atoms with E-state index in [1.54, 1.807) is 0 Å². The summed E-state index contributed by atoms with van der Waals surface area (Å²) in [5.41, 5.74) is 1.43. The molecule has 1 saturated carbocycles. The van der Waals surface area contributed by atoms with Crippen LogP contribution in [-0.2, 0) is 6.54 Å². The maximum Gasteiger partial charge on any atom is 0.326 e. The Morgan fingerprint density at radius 3 is 2.76 bits per heavy atom. The highest BCUT2D eigenvalue weighted by atomic mass is 16.3. The second kappa shape index (κ2) is 4.71. The zero-order valence-electron chi connectivity index (χ0n) is 12.1. The number of nitrogens with zero attached hydrogens (tertiary/aromatic N) is 2. The molecule has 5 heteroatoms. The second-order valence-corrected chi connectivity index (χ2v) is 6.54. The molecule has 1 aliphatic heterocycles. The third kappa shape index (κ3) is 2.30. The molecule has 2 heterocycles. The molecule has 1 aromatic carbocycles. The number of hydrogen-bond donors (Lipinski definition) is 2. The predicted molar refractivity (Wildman–Crippen MR) is 81.3 cm³/mol. The van der Waals surface area contributed by atoms with E-state index in [1.165, 1.54) is 12.8 Å². The van der Waals surface area contributed by atoms with Crippen LogP contribution in [0.25, 0.3) is 11.0 Å². The van der Waals surface area contributed by atoms with Gasteiger partial charge in [-0.3, -0.25) is 9.47 Å². The minimum atomic E-state index is -0.405. The van der Waals surface area contributed by atoms with Gasteiger partial charge in [-0.25, -0.2) is 4.79 Å². The minimum absolute atomic E-state index is 0.0331. The normalized spacial score (nSPS) is 21.6. The van der Waals surface area contributed by atoms with Crippen molar-refractivity contribution in [3.8, 4) is 0 Å². The van der Waals surface area contributed by atoms with Gasteiger partial charge < -0.3 is 10.1 Å². The van der Waals surface area contributed by atoms with E-state index in [1.807, 2.05) is 28.8 Å². The van der Waals surface area contributed by atoms with Crippen LogP contribution in [0.4, 0.5) is 0 Å². The number of likely N-dealkylation sites (tertiary alicyclic amines) is 1. The van der Waals surface area contributed by atoms with Crippen LogP contribution in [0.2, 0.25) is 0 Å². The van der Waals surface area contributed by atoms with Gasteiger partial charge in [0.1, 0.15) is 0 Å². The van der Waals surface area contributed by atoms with E-state index in [-0.39, 0.29) is 5.69 Å². The standard InChI is InChI=1S/C16H21N3O2/c20-15-17-13-4-1-2-5-14(13)19(15)9-3-8-18-10-16(21,11-18)12-6-7-12/h1-2,4-5,12,21H,3,6-11H2,(H,17,20). The Morgan fingerprint density at radius 1 is 1.24 bits per heavy atom. The molecular weight excluding hydrogens is 266 g/mol. The third-order valence-electron chi connectivity index (χ3n) is 4.87. The summed E-state index contributed by atoms with van der Waals surface area (Å²) in [6.07, 6.45) is 3.31. The lowest BCUT2D eigenvalue weighted by atomic mass is 9.89. The number of β-amino-alcohol motifs (C(OH)–C–C–N with tert-alkyl or cyclic N) is 1. The number of aromatic nitrogens is 2. The minimum Gasteiger partial charge on any atom is -0.387 e. The maximum atomic E-state index is 12.0. The molecule has 4 rings (SSSR count). The van der Waals surface area contributed by atoms with E-state index in [9.17, 15) is 9.90 Å². The summed E-state index contributed by atoms with van der Waals surface area (Å²) < 4.78 is 1.81. The molecule has 0 atom stereocenters. The van der Waals surface area contributed by atoms with E-state index >= 15 is 0 Å². The first kappa shape index (κ1) is 13.1. The zero-order chi connectivity index (χ0) is 14.4. The number of aliphatic hydroxyl groups is 1. The van der Waals surface area contributed by atoms with Crippen LogP contribution in [0.1, 0.15) is 19.3 Å². The fourth-order valence-corrected chi connectivity index (χ4v) is 3.55. The highest BCUT2D eigenvalue weighted by Gasteiger charge is 2.51. The number of aryl methyl sites for hydroxylation is 1. The van der Waals surface area contributed by atoms with Crippen molar-refractivity contribution in [3.63, 3.8) is 0 Å². The number of para-hydroxylation sites is 2. The first-order valence-corrected chi connectivity index (χ1v) is 7.78. The molecule has 0 amide bonds. The largest absolute Gasteiger partial charge is 0.387 e. The summed E-state index contributed by atoms with van der Waals surface area (Å²) in [7, 11) is 0. The Bertz CT molecular complexity index is 708. The van der Waals surface area contributed by atoms with Crippen LogP contribution in [-0.4, -0.2) is 44.8 Å². The van der Waals surface area contributed by atoms with Crippen LogP contribution in [0.15, 0.2) is 29.1 Å². The van der Waals surface area contributed by atoms with Gasteiger partial charge in [0, 0.05) is 26.2 Å². The smallest absolute Gasteiger partial charge is 0.326 e. The van der Waals surface area contributed by atoms with Gasteiger partial charge in [-0.2, -0.15) is 0 Å². The van der Waals surface area contributed by atoms with Crippen molar-refractivity contribution >= 4 is 11.0 Å². The number of H-pyrrole nitrogens is 1. The molecule has 21 heavy (non-hydrogen) atoms. The first-order chi connectivity index (χ1) is 10.2. The van der Waals surface area contributed by atoms with Crippen LogP contribution >= 0.6 is 0 Å². The van der Waals surface area contributed by atoms with Gasteiger partial charge >= 0.3 is 5.69 Å². The molecule has 2 fully saturated rings. The SMILES string of the molecule is O=c1[nH]c2ccccc2n1CCCN1CC(O)(C2CC2)C1. The maximum absolute atomic E-state index is 12.0. The average Bonchev–Trinajstić information content (AvgIpc) is 3.23. The van der Waals surface area contributed by atoms with Crippen molar-refractivity contribution in [2.24, 2.45) is 5.92 Å². The van der Waals surface area contributed by atoms with E-state index in [4.69, 9.17) is 0 Å². The third-order valence-corrected chi connectivity index (χ3v) is 4.87. The monoisotopic (exact) mass is 287 g/mol. The van der Waals surface area contributed by atoms with E-state index in [2.05, 4.69) is 9.88 Å². The summed E-state index contributed by atoms with van der Waals surface area (Å²) >= 11 is 0. The van der Waals surface area contributed by atoms with Gasteiger partial charge in [-0.05, 0) is 37.3 Å². The van der Waals surface area contributed by atoms with Gasteiger partial charge in [0.25, 0.3) is 0 Å². The number of imidazole rings is 1. The second-order valence-electron chi connectivity index (χ2n) is 6.54. The molecule has 0 bridgehead atoms. The highest BCUT2D eigenvalue weighted by Crippen LogP contribution is 2.44. The summed E-state index contributed by atoms with van der Waals surface area (Å²) in [4.78, 5) is 17.1. The molecule has 0 unspecified atom stereocenters. The molecule has 0 spiro atoms. The Balaban J connectivity index is 1.35. The van der Waals surface area contributed by atoms with Crippen LogP contribution in [0.3, 0.4) is 0 Å². The molecule has 1 aliphatic carbocycles. The molecule has 1 aromatic heterocycles. The van der Waals surface area contributed by atoms with Gasteiger partial charge in [0.2, 0.25) is 0 Å². The molecule has 5 nitrogen and oxygen atoms in total. The average molecular weight is 287 g/mol. The molecule has 2 aliphatic rings. The van der Waals surface area contributed by atoms with Crippen LogP contribution in [0.5, 0.6) is 0 Å². The van der Waals surface area contributed by atoms with Crippen molar-refractivity contribution in [3.05, 3.63) is 34.7 Å². The lowest BCUT2D eigenvalue weighted by Crippen LogP contribution is -2.63. The Labute approximate surface area is 123 Å². The predicted octanol–water partition coefficient (Wildman–Crippen LogP) is 1.18. The van der Waals surface area contributed by atoms with Crippen molar-refractivity contribution in [1.29, 1.82) is 0 Å². The van der Waals surface area contributed by atoms with Gasteiger partial charge in [-0.1, -0.05) is 12.1 Å². The van der Waals surface area contributed by atoms with E-state index in [0.29, 0.717) is 5.92 Å². The Kier molecular flexibility index (Phi) is 2.94. The summed E-state index contributed by atoms with van der Waals surface area (Å²) in [6.45, 7) is 3.28. The van der Waals surface area contributed by atoms with Gasteiger partial charge in [0.15, 0.2) is 0 Å². The van der Waals surface area contributed by atoms with E-state index < -0.39 is 5.60 Å².